The van der Waals surface area contributed by atoms with E-state index in [0.717, 1.165) is 31.1 Å². The summed E-state index contributed by atoms with van der Waals surface area (Å²) in [5, 5.41) is 3.90. The molecule has 2 nitrogen and oxygen atoms in total. The van der Waals surface area contributed by atoms with Crippen LogP contribution >= 0.6 is 0 Å². The maximum absolute atomic E-state index is 5.51. The first-order valence-electron chi connectivity index (χ1n) is 7.13. The second-order valence-corrected chi connectivity index (χ2v) is 5.77. The Kier molecular flexibility index (Phi) is 4.66. The van der Waals surface area contributed by atoms with Crippen molar-refractivity contribution in [3.05, 3.63) is 0 Å². The van der Waals surface area contributed by atoms with Gasteiger partial charge < -0.3 is 10.1 Å². The van der Waals surface area contributed by atoms with Crippen molar-refractivity contribution in [2.45, 2.75) is 64.5 Å². The van der Waals surface area contributed by atoms with Gasteiger partial charge in [0.1, 0.15) is 0 Å². The normalized spacial score (nSPS) is 37.5. The van der Waals surface area contributed by atoms with Crippen LogP contribution in [0.15, 0.2) is 0 Å². The molecule has 0 aromatic heterocycles. The molecule has 0 amide bonds. The number of rotatable bonds is 4. The summed E-state index contributed by atoms with van der Waals surface area (Å²) in [5.41, 5.74) is 0. The van der Waals surface area contributed by atoms with E-state index in [0.29, 0.717) is 6.04 Å². The van der Waals surface area contributed by atoms with Crippen LogP contribution in [0.4, 0.5) is 0 Å². The van der Waals surface area contributed by atoms with Crippen molar-refractivity contribution >= 4 is 0 Å². The van der Waals surface area contributed by atoms with E-state index in [2.05, 4.69) is 19.2 Å². The molecule has 0 radical (unpaired) electrons. The molecule has 0 aromatic carbocycles. The summed E-state index contributed by atoms with van der Waals surface area (Å²) in [5.74, 6) is 1.69. The minimum atomic E-state index is 0.692. The second-order valence-electron chi connectivity index (χ2n) is 5.77. The number of hydrogen-bond donors (Lipinski definition) is 1. The molecule has 1 aliphatic carbocycles. The molecule has 2 heteroatoms. The molecule has 0 bridgehead atoms. The third-order valence-electron chi connectivity index (χ3n) is 4.36. The van der Waals surface area contributed by atoms with Gasteiger partial charge in [-0.3, -0.25) is 0 Å². The van der Waals surface area contributed by atoms with Crippen LogP contribution in [0.2, 0.25) is 0 Å². The molecule has 1 aliphatic heterocycles. The summed E-state index contributed by atoms with van der Waals surface area (Å²) in [6.45, 7) is 6.66. The van der Waals surface area contributed by atoms with Gasteiger partial charge in [0.05, 0.1) is 6.61 Å². The van der Waals surface area contributed by atoms with Crippen LogP contribution in [0, 0.1) is 11.8 Å². The van der Waals surface area contributed by atoms with Crippen LogP contribution in [0.5, 0.6) is 0 Å². The largest absolute Gasteiger partial charge is 0.381 e. The predicted molar refractivity (Wildman–Crippen MR) is 67.6 cm³/mol. The predicted octanol–water partition coefficient (Wildman–Crippen LogP) is 2.97. The van der Waals surface area contributed by atoms with Crippen molar-refractivity contribution in [2.75, 3.05) is 13.2 Å². The zero-order valence-corrected chi connectivity index (χ0v) is 10.9. The maximum Gasteiger partial charge on any atom is 0.0510 e. The van der Waals surface area contributed by atoms with E-state index in [1.165, 1.54) is 38.5 Å². The summed E-state index contributed by atoms with van der Waals surface area (Å²) >= 11 is 0. The van der Waals surface area contributed by atoms with Gasteiger partial charge >= 0.3 is 0 Å². The van der Waals surface area contributed by atoms with E-state index in [-0.39, 0.29) is 0 Å². The second kappa shape index (κ2) is 6.02. The zero-order chi connectivity index (χ0) is 11.4. The molecule has 0 aromatic rings. The molecular weight excluding hydrogens is 198 g/mol. The third-order valence-corrected chi connectivity index (χ3v) is 4.36. The SMILES string of the molecule is CCC(NC1CCCC(C)C1)C1CCOC1. The van der Waals surface area contributed by atoms with E-state index < -0.39 is 0 Å². The van der Waals surface area contributed by atoms with Gasteiger partial charge in [-0.1, -0.05) is 26.7 Å². The van der Waals surface area contributed by atoms with Gasteiger partial charge in [0, 0.05) is 18.7 Å². The highest BCUT2D eigenvalue weighted by Crippen LogP contribution is 2.26. The topological polar surface area (TPSA) is 21.3 Å². The Morgan fingerprint density at radius 3 is 2.81 bits per heavy atom. The van der Waals surface area contributed by atoms with Crippen molar-refractivity contribution in [1.29, 1.82) is 0 Å². The first-order chi connectivity index (χ1) is 7.79. The molecule has 4 unspecified atom stereocenters. The monoisotopic (exact) mass is 225 g/mol. The first kappa shape index (κ1) is 12.4. The van der Waals surface area contributed by atoms with Crippen molar-refractivity contribution < 1.29 is 4.74 Å². The van der Waals surface area contributed by atoms with Gasteiger partial charge in [-0.2, -0.15) is 0 Å². The fourth-order valence-corrected chi connectivity index (χ4v) is 3.35. The van der Waals surface area contributed by atoms with Crippen molar-refractivity contribution in [2.24, 2.45) is 11.8 Å². The minimum Gasteiger partial charge on any atom is -0.381 e. The standard InChI is InChI=1S/C14H27NO/c1-3-14(12-7-8-16-10-12)15-13-6-4-5-11(2)9-13/h11-15H,3-10H2,1-2H3. The molecule has 1 heterocycles. The number of ether oxygens (including phenoxy) is 1. The Morgan fingerprint density at radius 2 is 2.19 bits per heavy atom. The molecular formula is C14H27NO. The quantitative estimate of drug-likeness (QED) is 0.794. The number of hydrogen-bond acceptors (Lipinski definition) is 2. The Balaban J connectivity index is 1.80. The Hall–Kier alpha value is -0.0800. The van der Waals surface area contributed by atoms with Crippen LogP contribution in [-0.4, -0.2) is 25.3 Å². The summed E-state index contributed by atoms with van der Waals surface area (Å²) in [7, 11) is 0. The summed E-state index contributed by atoms with van der Waals surface area (Å²) in [6, 6.07) is 1.46. The molecule has 2 rings (SSSR count). The molecule has 4 atom stereocenters. The highest BCUT2D eigenvalue weighted by Gasteiger charge is 2.27. The molecule has 2 fully saturated rings. The lowest BCUT2D eigenvalue weighted by molar-refractivity contribution is 0.169. The third kappa shape index (κ3) is 3.21. The zero-order valence-electron chi connectivity index (χ0n) is 10.9. The van der Waals surface area contributed by atoms with E-state index >= 15 is 0 Å². The van der Waals surface area contributed by atoms with E-state index in [1.807, 2.05) is 0 Å². The average molecular weight is 225 g/mol. The van der Waals surface area contributed by atoms with Gasteiger partial charge in [-0.05, 0) is 37.5 Å². The van der Waals surface area contributed by atoms with Gasteiger partial charge in [0.25, 0.3) is 0 Å². The van der Waals surface area contributed by atoms with Crippen molar-refractivity contribution in [1.82, 2.24) is 5.32 Å². The van der Waals surface area contributed by atoms with Crippen LogP contribution in [0.25, 0.3) is 0 Å². The van der Waals surface area contributed by atoms with Gasteiger partial charge in [0.15, 0.2) is 0 Å². The average Bonchev–Trinajstić information content (AvgIpc) is 2.79. The highest BCUT2D eigenvalue weighted by atomic mass is 16.5. The van der Waals surface area contributed by atoms with E-state index in [1.54, 1.807) is 0 Å². The molecule has 2 aliphatic rings. The van der Waals surface area contributed by atoms with Crippen LogP contribution < -0.4 is 5.32 Å². The van der Waals surface area contributed by atoms with Crippen LogP contribution in [-0.2, 0) is 4.74 Å². The summed E-state index contributed by atoms with van der Waals surface area (Å²) in [4.78, 5) is 0. The van der Waals surface area contributed by atoms with Crippen molar-refractivity contribution in [3.63, 3.8) is 0 Å². The fraction of sp³-hybridized carbons (Fsp3) is 1.00. The van der Waals surface area contributed by atoms with Gasteiger partial charge in [0.2, 0.25) is 0 Å². The van der Waals surface area contributed by atoms with Crippen molar-refractivity contribution in [3.8, 4) is 0 Å². The number of nitrogens with one attached hydrogen (secondary N) is 1. The fourth-order valence-electron chi connectivity index (χ4n) is 3.35. The Morgan fingerprint density at radius 1 is 1.31 bits per heavy atom. The van der Waals surface area contributed by atoms with E-state index in [9.17, 15) is 0 Å². The minimum absolute atomic E-state index is 0.692. The lowest BCUT2D eigenvalue weighted by atomic mass is 9.85. The van der Waals surface area contributed by atoms with Gasteiger partial charge in [-0.25, -0.2) is 0 Å². The van der Waals surface area contributed by atoms with Crippen LogP contribution in [0.1, 0.15) is 52.4 Å². The smallest absolute Gasteiger partial charge is 0.0510 e. The summed E-state index contributed by atoms with van der Waals surface area (Å²) < 4.78 is 5.51. The highest BCUT2D eigenvalue weighted by molar-refractivity contribution is 4.84. The molecule has 1 saturated heterocycles. The van der Waals surface area contributed by atoms with E-state index in [4.69, 9.17) is 4.74 Å². The molecule has 94 valence electrons. The molecule has 1 saturated carbocycles. The lowest BCUT2D eigenvalue weighted by Gasteiger charge is -2.33. The molecule has 1 N–H and O–H groups in total. The van der Waals surface area contributed by atoms with Gasteiger partial charge in [-0.15, -0.1) is 0 Å². The first-order valence-corrected chi connectivity index (χ1v) is 7.13. The molecule has 0 spiro atoms. The maximum atomic E-state index is 5.51. The lowest BCUT2D eigenvalue weighted by Crippen LogP contribution is -2.44. The molecule has 16 heavy (non-hydrogen) atoms. The Bertz CT molecular complexity index is 201. The van der Waals surface area contributed by atoms with Crippen LogP contribution in [0.3, 0.4) is 0 Å². The Labute approximate surface area is 100 Å². The summed E-state index contributed by atoms with van der Waals surface area (Å²) in [6.07, 6.45) is 8.11.